The number of aliphatic imine (C=N–C) groups is 1. The Morgan fingerprint density at radius 2 is 2.07 bits per heavy atom. The third-order valence-corrected chi connectivity index (χ3v) is 6.37. The number of allylic oxidation sites excluding steroid dienone is 2. The number of amides is 1. The van der Waals surface area contributed by atoms with Gasteiger partial charge < -0.3 is 10.6 Å². The Bertz CT molecular complexity index is 985. The summed E-state index contributed by atoms with van der Waals surface area (Å²) < 4.78 is 0.734. The van der Waals surface area contributed by atoms with Crippen LogP contribution in [0.2, 0.25) is 4.34 Å². The summed E-state index contributed by atoms with van der Waals surface area (Å²) in [6, 6.07) is 10.2. The number of rotatable bonds is 4. The van der Waals surface area contributed by atoms with Crippen molar-refractivity contribution in [2.75, 3.05) is 13.6 Å². The molecule has 0 bridgehead atoms. The van der Waals surface area contributed by atoms with Gasteiger partial charge in [-0.15, -0.1) is 11.3 Å². The Morgan fingerprint density at radius 1 is 1.36 bits per heavy atom. The summed E-state index contributed by atoms with van der Waals surface area (Å²) >= 11 is 7.87. The minimum absolute atomic E-state index is 0.00612. The number of fused-ring (bicyclic) bond motifs is 1. The molecule has 0 saturated carbocycles. The highest BCUT2D eigenvalue weighted by molar-refractivity contribution is 7.16. The fraction of sp³-hybridized carbons (Fsp3) is 0.273. The molecule has 0 radical (unpaired) electrons. The van der Waals surface area contributed by atoms with E-state index in [0.717, 1.165) is 31.6 Å². The second-order valence-corrected chi connectivity index (χ2v) is 8.63. The SMILES string of the molecule is C=CC(=O)N1Cc2sc(Cl)cc2[C@H](c2ccccc2C(C(C)=NC)=C(C)N)C1. The number of carbonyl (C=O) groups is 1. The van der Waals surface area contributed by atoms with E-state index < -0.39 is 0 Å². The molecular weight excluding hydrogens is 390 g/mol. The van der Waals surface area contributed by atoms with E-state index in [1.165, 1.54) is 23.0 Å². The zero-order chi connectivity index (χ0) is 20.4. The summed E-state index contributed by atoms with van der Waals surface area (Å²) in [6.07, 6.45) is 1.37. The molecule has 28 heavy (non-hydrogen) atoms. The summed E-state index contributed by atoms with van der Waals surface area (Å²) in [4.78, 5) is 19.7. The van der Waals surface area contributed by atoms with E-state index in [-0.39, 0.29) is 11.8 Å². The van der Waals surface area contributed by atoms with E-state index in [4.69, 9.17) is 17.3 Å². The molecule has 2 N–H and O–H groups in total. The number of benzene rings is 1. The van der Waals surface area contributed by atoms with Crippen LogP contribution in [0.25, 0.3) is 5.57 Å². The van der Waals surface area contributed by atoms with Crippen LogP contribution in [0.1, 0.15) is 41.3 Å². The number of hydrogen-bond acceptors (Lipinski definition) is 4. The van der Waals surface area contributed by atoms with Gasteiger partial charge in [-0.3, -0.25) is 9.79 Å². The van der Waals surface area contributed by atoms with Gasteiger partial charge in [-0.25, -0.2) is 0 Å². The van der Waals surface area contributed by atoms with Gasteiger partial charge in [-0.1, -0.05) is 42.4 Å². The lowest BCUT2D eigenvalue weighted by atomic mass is 9.82. The molecule has 4 nitrogen and oxygen atoms in total. The second kappa shape index (κ2) is 8.33. The summed E-state index contributed by atoms with van der Waals surface area (Å²) in [5.74, 6) is -0.0682. The highest BCUT2D eigenvalue weighted by Crippen LogP contribution is 2.42. The van der Waals surface area contributed by atoms with Gasteiger partial charge in [0.1, 0.15) is 0 Å². The first kappa shape index (κ1) is 20.4. The summed E-state index contributed by atoms with van der Waals surface area (Å²) in [5.41, 5.74) is 12.1. The Balaban J connectivity index is 2.19. The van der Waals surface area contributed by atoms with Crippen molar-refractivity contribution in [1.29, 1.82) is 0 Å². The Kier molecular flexibility index (Phi) is 6.06. The van der Waals surface area contributed by atoms with Gasteiger partial charge in [0.2, 0.25) is 5.91 Å². The molecule has 0 saturated heterocycles. The zero-order valence-electron chi connectivity index (χ0n) is 16.3. The molecule has 1 amide bonds. The molecule has 0 aliphatic carbocycles. The third kappa shape index (κ3) is 3.77. The summed E-state index contributed by atoms with van der Waals surface area (Å²) in [6.45, 7) is 8.63. The van der Waals surface area contributed by atoms with Gasteiger partial charge in [-0.05, 0) is 42.7 Å². The smallest absolute Gasteiger partial charge is 0.246 e. The Hall–Kier alpha value is -2.37. The van der Waals surface area contributed by atoms with E-state index in [0.29, 0.717) is 18.8 Å². The Morgan fingerprint density at radius 3 is 2.71 bits per heavy atom. The first-order chi connectivity index (χ1) is 13.4. The number of thiophene rings is 1. The first-order valence-electron chi connectivity index (χ1n) is 9.06. The molecule has 6 heteroatoms. The van der Waals surface area contributed by atoms with Gasteiger partial charge in [0.25, 0.3) is 0 Å². The molecule has 2 heterocycles. The van der Waals surface area contributed by atoms with Crippen LogP contribution in [0, 0.1) is 0 Å². The second-order valence-electron chi connectivity index (χ2n) is 6.86. The molecule has 1 aliphatic rings. The van der Waals surface area contributed by atoms with Crippen LogP contribution in [0.3, 0.4) is 0 Å². The van der Waals surface area contributed by atoms with Crippen LogP contribution in [-0.4, -0.2) is 30.1 Å². The maximum Gasteiger partial charge on any atom is 0.246 e. The Labute approximate surface area is 175 Å². The van der Waals surface area contributed by atoms with Crippen molar-refractivity contribution in [1.82, 2.24) is 4.90 Å². The minimum atomic E-state index is -0.0743. The molecule has 1 aliphatic heterocycles. The average Bonchev–Trinajstić information content (AvgIpc) is 3.06. The van der Waals surface area contributed by atoms with Crippen molar-refractivity contribution in [3.05, 3.63) is 74.6 Å². The number of nitrogens with zero attached hydrogens (tertiary/aromatic N) is 2. The van der Waals surface area contributed by atoms with E-state index in [1.54, 1.807) is 7.05 Å². The van der Waals surface area contributed by atoms with Crippen LogP contribution in [0.5, 0.6) is 0 Å². The number of hydrogen-bond donors (Lipinski definition) is 1. The van der Waals surface area contributed by atoms with Gasteiger partial charge in [0.15, 0.2) is 0 Å². The fourth-order valence-corrected chi connectivity index (χ4v) is 5.14. The van der Waals surface area contributed by atoms with Crippen molar-refractivity contribution in [2.45, 2.75) is 26.3 Å². The lowest BCUT2D eigenvalue weighted by Gasteiger charge is -2.33. The maximum absolute atomic E-state index is 12.4. The monoisotopic (exact) mass is 413 g/mol. The van der Waals surface area contributed by atoms with Gasteiger partial charge >= 0.3 is 0 Å². The van der Waals surface area contributed by atoms with Crippen LogP contribution < -0.4 is 5.73 Å². The fourth-order valence-electron chi connectivity index (χ4n) is 3.78. The number of nitrogens with two attached hydrogens (primary N) is 1. The normalized spacial score (nSPS) is 17.8. The number of carbonyl (C=O) groups excluding carboxylic acids is 1. The molecular formula is C22H24ClN3OS. The summed E-state index contributed by atoms with van der Waals surface area (Å²) in [7, 11) is 1.77. The topological polar surface area (TPSA) is 58.7 Å². The molecule has 3 rings (SSSR count). The van der Waals surface area contributed by atoms with Crippen LogP contribution >= 0.6 is 22.9 Å². The average molecular weight is 414 g/mol. The van der Waals surface area contributed by atoms with Crippen LogP contribution in [0.15, 0.2) is 53.7 Å². The van der Waals surface area contributed by atoms with Crippen molar-refractivity contribution >= 4 is 40.1 Å². The zero-order valence-corrected chi connectivity index (χ0v) is 17.9. The highest BCUT2D eigenvalue weighted by atomic mass is 35.5. The lowest BCUT2D eigenvalue weighted by molar-refractivity contribution is -0.127. The quantitative estimate of drug-likeness (QED) is 0.575. The molecule has 1 atom stereocenters. The third-order valence-electron chi connectivity index (χ3n) is 5.11. The van der Waals surface area contributed by atoms with Crippen molar-refractivity contribution in [3.63, 3.8) is 0 Å². The van der Waals surface area contributed by atoms with Crippen molar-refractivity contribution in [2.24, 2.45) is 10.7 Å². The standard InChI is InChI=1S/C22H24ClN3OS/c1-5-21(27)26-11-18(17-10-20(23)28-19(17)12-26)15-8-6-7-9-16(15)22(13(2)24)14(3)25-4/h5-10,18H,1,11-12,24H2,2-4H3/t18-/m0/s1. The number of halogens is 1. The van der Waals surface area contributed by atoms with Crippen molar-refractivity contribution < 1.29 is 4.79 Å². The van der Waals surface area contributed by atoms with Crippen LogP contribution in [0.4, 0.5) is 0 Å². The summed E-state index contributed by atoms with van der Waals surface area (Å²) in [5, 5.41) is 0. The predicted octanol–water partition coefficient (Wildman–Crippen LogP) is 4.84. The molecule has 2 aromatic rings. The van der Waals surface area contributed by atoms with E-state index in [2.05, 4.69) is 23.7 Å². The predicted molar refractivity (Wildman–Crippen MR) is 119 cm³/mol. The largest absolute Gasteiger partial charge is 0.402 e. The maximum atomic E-state index is 12.4. The van der Waals surface area contributed by atoms with Gasteiger partial charge in [0, 0.05) is 41.4 Å². The molecule has 0 spiro atoms. The molecule has 1 aromatic heterocycles. The van der Waals surface area contributed by atoms with E-state index >= 15 is 0 Å². The van der Waals surface area contributed by atoms with E-state index in [9.17, 15) is 4.79 Å². The van der Waals surface area contributed by atoms with E-state index in [1.807, 2.05) is 36.9 Å². The van der Waals surface area contributed by atoms with Crippen molar-refractivity contribution in [3.8, 4) is 0 Å². The van der Waals surface area contributed by atoms with Crippen LogP contribution in [-0.2, 0) is 11.3 Å². The first-order valence-corrected chi connectivity index (χ1v) is 10.3. The van der Waals surface area contributed by atoms with Gasteiger partial charge in [0.05, 0.1) is 10.9 Å². The highest BCUT2D eigenvalue weighted by Gasteiger charge is 2.32. The molecule has 0 unspecified atom stereocenters. The molecule has 1 aromatic carbocycles. The van der Waals surface area contributed by atoms with Gasteiger partial charge in [-0.2, -0.15) is 0 Å². The molecule has 0 fully saturated rings. The minimum Gasteiger partial charge on any atom is -0.402 e. The molecule has 146 valence electrons. The lowest BCUT2D eigenvalue weighted by Crippen LogP contribution is -2.37.